The monoisotopic (exact) mass is 373 g/mol. The van der Waals surface area contributed by atoms with Gasteiger partial charge >= 0.3 is 5.97 Å². The Hall–Kier alpha value is -3.40. The van der Waals surface area contributed by atoms with Crippen molar-refractivity contribution in [1.82, 2.24) is 4.90 Å². The predicted octanol–water partition coefficient (Wildman–Crippen LogP) is 4.75. The Morgan fingerprint density at radius 3 is 1.75 bits per heavy atom. The van der Waals surface area contributed by atoms with E-state index in [1.807, 2.05) is 61.5 Å². The molecule has 2 unspecified atom stereocenters. The smallest absolute Gasteiger partial charge is 0.338 e. The molecule has 0 spiro atoms. The summed E-state index contributed by atoms with van der Waals surface area (Å²) in [5, 5.41) is 0. The largest absolute Gasteiger partial charge is 0.452 e. The van der Waals surface area contributed by atoms with Gasteiger partial charge in [-0.15, -0.1) is 0 Å². The van der Waals surface area contributed by atoms with E-state index in [-0.39, 0.29) is 11.9 Å². The number of ether oxygens (including phenoxy) is 1. The van der Waals surface area contributed by atoms with Crippen LogP contribution in [0.1, 0.15) is 39.3 Å². The lowest BCUT2D eigenvalue weighted by Crippen LogP contribution is -2.40. The number of esters is 1. The second-order valence-corrected chi connectivity index (χ2v) is 6.63. The molecule has 0 bridgehead atoms. The van der Waals surface area contributed by atoms with Crippen LogP contribution < -0.4 is 0 Å². The first-order chi connectivity index (χ1) is 13.6. The maximum atomic E-state index is 12.9. The molecule has 0 radical (unpaired) electrons. The Bertz CT molecular complexity index is 910. The van der Waals surface area contributed by atoms with Crippen molar-refractivity contribution in [3.63, 3.8) is 0 Å². The van der Waals surface area contributed by atoms with Crippen LogP contribution in [0.25, 0.3) is 0 Å². The number of nitrogens with zero attached hydrogens (tertiary/aromatic N) is 1. The van der Waals surface area contributed by atoms with Crippen LogP contribution in [0.2, 0.25) is 0 Å². The van der Waals surface area contributed by atoms with E-state index < -0.39 is 12.1 Å². The number of carbonyl (C=O) groups excluding carboxylic acids is 2. The van der Waals surface area contributed by atoms with E-state index in [0.717, 1.165) is 5.56 Å². The normalized spacial score (nSPS) is 12.6. The fourth-order valence-electron chi connectivity index (χ4n) is 3.02. The van der Waals surface area contributed by atoms with E-state index in [9.17, 15) is 9.59 Å². The maximum Gasteiger partial charge on any atom is 0.338 e. The molecule has 0 aliphatic rings. The standard InChI is InChI=1S/C24H23NO3/c1-18(25(2)23(26)20-14-8-4-9-15-20)22(19-12-6-3-7-13-19)28-24(27)21-16-10-5-11-17-21/h3-18,22H,1-2H3. The van der Waals surface area contributed by atoms with Gasteiger partial charge in [-0.3, -0.25) is 4.79 Å². The highest BCUT2D eigenvalue weighted by Crippen LogP contribution is 2.26. The first-order valence-corrected chi connectivity index (χ1v) is 9.21. The van der Waals surface area contributed by atoms with Crippen molar-refractivity contribution in [3.05, 3.63) is 108 Å². The molecule has 0 saturated heterocycles. The van der Waals surface area contributed by atoms with Crippen molar-refractivity contribution >= 4 is 11.9 Å². The van der Waals surface area contributed by atoms with Crippen molar-refractivity contribution in [2.45, 2.75) is 19.1 Å². The average molecular weight is 373 g/mol. The Labute approximate surface area is 165 Å². The summed E-state index contributed by atoms with van der Waals surface area (Å²) < 4.78 is 5.86. The predicted molar refractivity (Wildman–Crippen MR) is 109 cm³/mol. The van der Waals surface area contributed by atoms with Crippen molar-refractivity contribution in [2.75, 3.05) is 7.05 Å². The van der Waals surface area contributed by atoms with E-state index in [1.165, 1.54) is 0 Å². The van der Waals surface area contributed by atoms with Crippen LogP contribution in [0.5, 0.6) is 0 Å². The minimum absolute atomic E-state index is 0.121. The number of rotatable bonds is 6. The molecular weight excluding hydrogens is 350 g/mol. The summed E-state index contributed by atoms with van der Waals surface area (Å²) in [6.45, 7) is 1.89. The molecule has 0 fully saturated rings. The molecule has 28 heavy (non-hydrogen) atoms. The van der Waals surface area contributed by atoms with Gasteiger partial charge in [0.05, 0.1) is 11.6 Å². The fraction of sp³-hybridized carbons (Fsp3) is 0.167. The molecule has 3 rings (SSSR count). The van der Waals surface area contributed by atoms with Crippen LogP contribution >= 0.6 is 0 Å². The van der Waals surface area contributed by atoms with Gasteiger partial charge in [-0.2, -0.15) is 0 Å². The van der Waals surface area contributed by atoms with Crippen molar-refractivity contribution in [1.29, 1.82) is 0 Å². The second kappa shape index (κ2) is 9.00. The molecule has 4 nitrogen and oxygen atoms in total. The molecule has 142 valence electrons. The maximum absolute atomic E-state index is 12.9. The van der Waals surface area contributed by atoms with Gasteiger partial charge in [0.15, 0.2) is 0 Å². The Balaban J connectivity index is 1.86. The molecule has 4 heteroatoms. The van der Waals surface area contributed by atoms with Crippen molar-refractivity contribution < 1.29 is 14.3 Å². The van der Waals surface area contributed by atoms with Crippen LogP contribution in [0.4, 0.5) is 0 Å². The molecule has 0 aliphatic heterocycles. The summed E-state index contributed by atoms with van der Waals surface area (Å²) in [5.74, 6) is -0.536. The third-order valence-corrected chi connectivity index (χ3v) is 4.76. The Morgan fingerprint density at radius 1 is 0.750 bits per heavy atom. The highest BCUT2D eigenvalue weighted by molar-refractivity contribution is 5.94. The molecule has 0 N–H and O–H groups in total. The van der Waals surface area contributed by atoms with Gasteiger partial charge in [0.2, 0.25) is 0 Å². The third-order valence-electron chi connectivity index (χ3n) is 4.76. The number of hydrogen-bond acceptors (Lipinski definition) is 3. The van der Waals surface area contributed by atoms with E-state index >= 15 is 0 Å². The second-order valence-electron chi connectivity index (χ2n) is 6.63. The molecule has 3 aromatic carbocycles. The topological polar surface area (TPSA) is 46.6 Å². The zero-order chi connectivity index (χ0) is 19.9. The lowest BCUT2D eigenvalue weighted by atomic mass is 10.0. The van der Waals surface area contributed by atoms with Crippen LogP contribution in [0, 0.1) is 0 Å². The van der Waals surface area contributed by atoms with Crippen LogP contribution in [0.3, 0.4) is 0 Å². The van der Waals surface area contributed by atoms with Gasteiger partial charge in [-0.1, -0.05) is 66.7 Å². The highest BCUT2D eigenvalue weighted by atomic mass is 16.5. The fourth-order valence-corrected chi connectivity index (χ4v) is 3.02. The molecule has 1 amide bonds. The van der Waals surface area contributed by atoms with Gasteiger partial charge in [-0.25, -0.2) is 4.79 Å². The molecule has 3 aromatic rings. The summed E-state index contributed by atoms with van der Waals surface area (Å²) >= 11 is 0. The number of amides is 1. The van der Waals surface area contributed by atoms with Gasteiger partial charge in [0.1, 0.15) is 6.10 Å². The van der Waals surface area contributed by atoms with Gasteiger partial charge in [0.25, 0.3) is 5.91 Å². The zero-order valence-electron chi connectivity index (χ0n) is 16.0. The number of benzene rings is 3. The van der Waals surface area contributed by atoms with Gasteiger partial charge in [0, 0.05) is 12.6 Å². The number of likely N-dealkylation sites (N-methyl/N-ethyl adjacent to an activating group) is 1. The summed E-state index contributed by atoms with van der Waals surface area (Å²) in [4.78, 5) is 27.1. The first-order valence-electron chi connectivity index (χ1n) is 9.21. The van der Waals surface area contributed by atoms with Gasteiger partial charge < -0.3 is 9.64 Å². The highest BCUT2D eigenvalue weighted by Gasteiger charge is 2.30. The molecule has 0 saturated carbocycles. The summed E-state index contributed by atoms with van der Waals surface area (Å²) in [5.41, 5.74) is 1.91. The van der Waals surface area contributed by atoms with Crippen molar-refractivity contribution in [2.24, 2.45) is 0 Å². The van der Waals surface area contributed by atoms with E-state index in [4.69, 9.17) is 4.74 Å². The lowest BCUT2D eigenvalue weighted by molar-refractivity contribution is 0.00566. The van der Waals surface area contributed by atoms with E-state index in [1.54, 1.807) is 48.3 Å². The van der Waals surface area contributed by atoms with E-state index in [0.29, 0.717) is 11.1 Å². The Kier molecular flexibility index (Phi) is 6.22. The minimum atomic E-state index is -0.591. The molecule has 0 heterocycles. The van der Waals surface area contributed by atoms with Gasteiger partial charge in [-0.05, 0) is 36.8 Å². The number of hydrogen-bond donors (Lipinski definition) is 0. The summed E-state index contributed by atoms with van der Waals surface area (Å²) in [6, 6.07) is 27.1. The van der Waals surface area contributed by atoms with Crippen LogP contribution in [0.15, 0.2) is 91.0 Å². The SMILES string of the molecule is CC(C(OC(=O)c1ccccc1)c1ccccc1)N(C)C(=O)c1ccccc1. The quantitative estimate of drug-likeness (QED) is 0.586. The van der Waals surface area contributed by atoms with Crippen LogP contribution in [-0.4, -0.2) is 29.9 Å². The number of carbonyl (C=O) groups is 2. The molecule has 0 aromatic heterocycles. The summed E-state index contributed by atoms with van der Waals surface area (Å²) in [6.07, 6.45) is -0.591. The van der Waals surface area contributed by atoms with E-state index in [2.05, 4.69) is 0 Å². The Morgan fingerprint density at radius 2 is 1.21 bits per heavy atom. The average Bonchev–Trinajstić information content (AvgIpc) is 2.77. The third kappa shape index (κ3) is 4.46. The molecule has 2 atom stereocenters. The van der Waals surface area contributed by atoms with Crippen molar-refractivity contribution in [3.8, 4) is 0 Å². The molecular formula is C24H23NO3. The summed E-state index contributed by atoms with van der Waals surface area (Å²) in [7, 11) is 1.73. The molecule has 0 aliphatic carbocycles. The lowest BCUT2D eigenvalue weighted by Gasteiger charge is -2.32. The zero-order valence-corrected chi connectivity index (χ0v) is 16.0. The first kappa shape index (κ1) is 19.4. The minimum Gasteiger partial charge on any atom is -0.452 e. The van der Waals surface area contributed by atoms with Crippen LogP contribution in [-0.2, 0) is 4.74 Å².